The van der Waals surface area contributed by atoms with Crippen molar-refractivity contribution in [3.05, 3.63) is 101 Å². The minimum Gasteiger partial charge on any atom is -0.497 e. The zero-order valence-electron chi connectivity index (χ0n) is 18.1. The van der Waals surface area contributed by atoms with E-state index >= 15 is 0 Å². The van der Waals surface area contributed by atoms with Crippen molar-refractivity contribution >= 4 is 28.3 Å². The molecule has 0 aliphatic heterocycles. The maximum absolute atomic E-state index is 13.6. The lowest BCUT2D eigenvalue weighted by Gasteiger charge is -2.09. The summed E-state index contributed by atoms with van der Waals surface area (Å²) in [4.78, 5) is 13.6. The van der Waals surface area contributed by atoms with Gasteiger partial charge in [0.05, 0.1) is 12.7 Å². The monoisotopic (exact) mass is 457 g/mol. The van der Waals surface area contributed by atoms with E-state index in [4.69, 9.17) is 20.8 Å². The van der Waals surface area contributed by atoms with Crippen LogP contribution in [-0.4, -0.2) is 27.7 Å². The van der Waals surface area contributed by atoms with Crippen molar-refractivity contribution < 1.29 is 13.9 Å². The minimum atomic E-state index is -0.324. The first-order valence-electron chi connectivity index (χ1n) is 10.4. The molecule has 0 spiro atoms. The molecule has 0 aliphatic carbocycles. The molecule has 164 valence electrons. The number of methoxy groups -OCH3 is 1. The van der Waals surface area contributed by atoms with Gasteiger partial charge in [-0.3, -0.25) is 4.79 Å². The first kappa shape index (κ1) is 21.0. The molecule has 33 heavy (non-hydrogen) atoms. The third-order valence-electron chi connectivity index (χ3n) is 5.65. The number of nitrogens with zero attached hydrogens (tertiary/aromatic N) is 3. The first-order valence-corrected chi connectivity index (χ1v) is 10.8. The Labute approximate surface area is 195 Å². The molecule has 3 aromatic carbocycles. The highest BCUT2D eigenvalue weighted by Gasteiger charge is 2.26. The largest absolute Gasteiger partial charge is 0.497 e. The van der Waals surface area contributed by atoms with Crippen molar-refractivity contribution in [2.24, 2.45) is 0 Å². The van der Waals surface area contributed by atoms with Crippen LogP contribution >= 0.6 is 11.6 Å². The van der Waals surface area contributed by atoms with Gasteiger partial charge in [-0.15, -0.1) is 10.2 Å². The molecule has 0 aliphatic rings. The average molecular weight is 458 g/mol. The Balaban J connectivity index is 1.61. The van der Waals surface area contributed by atoms with Crippen molar-refractivity contribution in [3.8, 4) is 17.2 Å². The number of aromatic nitrogens is 3. The maximum Gasteiger partial charge on any atom is 0.289 e. The molecule has 0 saturated heterocycles. The van der Waals surface area contributed by atoms with Gasteiger partial charge in [0, 0.05) is 33.7 Å². The number of halogens is 1. The van der Waals surface area contributed by atoms with Crippen LogP contribution in [-0.2, 0) is 6.54 Å². The molecule has 5 rings (SSSR count). The lowest BCUT2D eigenvalue weighted by atomic mass is 10.1. The van der Waals surface area contributed by atoms with Crippen LogP contribution < -0.4 is 4.74 Å². The number of carbonyl (C=O) groups is 1. The lowest BCUT2D eigenvalue weighted by Crippen LogP contribution is -2.06. The van der Waals surface area contributed by atoms with Gasteiger partial charge in [-0.2, -0.15) is 0 Å². The normalized spacial score (nSPS) is 11.1. The van der Waals surface area contributed by atoms with Crippen LogP contribution in [0.4, 0.5) is 0 Å². The van der Waals surface area contributed by atoms with Gasteiger partial charge >= 0.3 is 0 Å². The van der Waals surface area contributed by atoms with Gasteiger partial charge in [0.2, 0.25) is 5.89 Å². The number of ketones is 1. The van der Waals surface area contributed by atoms with Gasteiger partial charge in [-0.1, -0.05) is 41.9 Å². The van der Waals surface area contributed by atoms with Gasteiger partial charge < -0.3 is 13.7 Å². The van der Waals surface area contributed by atoms with Gasteiger partial charge in [0.15, 0.2) is 0 Å². The van der Waals surface area contributed by atoms with Crippen molar-refractivity contribution in [1.82, 2.24) is 14.8 Å². The number of hydrogen-bond acceptors (Lipinski definition) is 5. The highest BCUT2D eigenvalue weighted by molar-refractivity contribution is 6.30. The number of hydrogen-bond donors (Lipinski definition) is 0. The van der Waals surface area contributed by atoms with E-state index in [-0.39, 0.29) is 11.7 Å². The maximum atomic E-state index is 13.6. The topological polar surface area (TPSA) is 70.2 Å². The Hall–Kier alpha value is -3.90. The molecular formula is C26H20ClN3O3. The predicted molar refractivity (Wildman–Crippen MR) is 127 cm³/mol. The predicted octanol–water partition coefficient (Wildman–Crippen LogP) is 5.94. The van der Waals surface area contributed by atoms with E-state index in [1.54, 1.807) is 7.11 Å². The molecule has 7 heteroatoms. The Morgan fingerprint density at radius 2 is 1.79 bits per heavy atom. The molecule has 6 nitrogen and oxygen atoms in total. The Bertz CT molecular complexity index is 1450. The van der Waals surface area contributed by atoms with E-state index in [2.05, 4.69) is 14.8 Å². The highest BCUT2D eigenvalue weighted by Crippen LogP contribution is 2.32. The van der Waals surface area contributed by atoms with E-state index in [9.17, 15) is 4.79 Å². The van der Waals surface area contributed by atoms with Crippen LogP contribution in [0.1, 0.15) is 27.5 Å². The van der Waals surface area contributed by atoms with E-state index in [1.807, 2.05) is 79.7 Å². The first-order chi connectivity index (χ1) is 16.0. The fraction of sp³-hybridized carbons (Fsp3) is 0.115. The summed E-state index contributed by atoms with van der Waals surface area (Å²) in [6, 6.07) is 22.7. The van der Waals surface area contributed by atoms with Crippen molar-refractivity contribution in [1.29, 1.82) is 0 Å². The van der Waals surface area contributed by atoms with Crippen LogP contribution in [0.3, 0.4) is 0 Å². The number of carbonyl (C=O) groups excluding carboxylic acids is 1. The summed E-state index contributed by atoms with van der Waals surface area (Å²) in [6.45, 7) is 2.50. The molecule has 0 radical (unpaired) electrons. The van der Waals surface area contributed by atoms with E-state index in [0.29, 0.717) is 28.8 Å². The van der Waals surface area contributed by atoms with Gasteiger partial charge in [-0.25, -0.2) is 0 Å². The molecule has 0 N–H and O–H groups in total. The van der Waals surface area contributed by atoms with Crippen LogP contribution in [0.15, 0.2) is 77.2 Å². The lowest BCUT2D eigenvalue weighted by molar-refractivity contribution is 0.100. The number of rotatable bonds is 6. The third-order valence-corrected chi connectivity index (χ3v) is 5.90. The summed E-state index contributed by atoms with van der Waals surface area (Å²) in [5.41, 5.74) is 4.05. The number of fused-ring (bicyclic) bond motifs is 1. The molecule has 2 aromatic heterocycles. The fourth-order valence-electron chi connectivity index (χ4n) is 3.97. The summed E-state index contributed by atoms with van der Waals surface area (Å²) in [6.07, 6.45) is 0. The molecule has 0 amide bonds. The zero-order valence-corrected chi connectivity index (χ0v) is 18.8. The Kier molecular flexibility index (Phi) is 5.44. The van der Waals surface area contributed by atoms with E-state index in [0.717, 1.165) is 27.7 Å². The summed E-state index contributed by atoms with van der Waals surface area (Å²) in [5, 5.41) is 9.57. The number of ether oxygens (including phenoxy) is 1. The van der Waals surface area contributed by atoms with Crippen LogP contribution in [0.25, 0.3) is 22.4 Å². The van der Waals surface area contributed by atoms with Gasteiger partial charge in [0.25, 0.3) is 11.7 Å². The molecule has 0 fully saturated rings. The van der Waals surface area contributed by atoms with E-state index < -0.39 is 0 Å². The van der Waals surface area contributed by atoms with Crippen LogP contribution in [0, 0.1) is 6.92 Å². The van der Waals surface area contributed by atoms with Crippen molar-refractivity contribution in [2.75, 3.05) is 7.11 Å². The van der Waals surface area contributed by atoms with Crippen molar-refractivity contribution in [3.63, 3.8) is 0 Å². The average Bonchev–Trinajstić information content (AvgIpc) is 3.44. The van der Waals surface area contributed by atoms with Gasteiger partial charge in [0.1, 0.15) is 5.75 Å². The highest BCUT2D eigenvalue weighted by atomic mass is 35.5. The van der Waals surface area contributed by atoms with Crippen molar-refractivity contribution in [2.45, 2.75) is 13.5 Å². The standard InChI is InChI=1S/C26H20ClN3O3/c1-16-23(24(31)26-29-28-25(33-26)18-6-4-3-5-7-18)21-14-20(32-2)12-13-22(21)30(16)15-17-8-10-19(27)11-9-17/h3-14H,15H2,1-2H3. The fourth-order valence-corrected chi connectivity index (χ4v) is 4.10. The minimum absolute atomic E-state index is 0.0506. The Morgan fingerprint density at radius 3 is 2.52 bits per heavy atom. The van der Waals surface area contributed by atoms with Crippen LogP contribution in [0.5, 0.6) is 5.75 Å². The molecule has 2 heterocycles. The molecule has 0 bridgehead atoms. The smallest absolute Gasteiger partial charge is 0.289 e. The summed E-state index contributed by atoms with van der Waals surface area (Å²) in [7, 11) is 1.60. The zero-order chi connectivity index (χ0) is 22.9. The van der Waals surface area contributed by atoms with E-state index in [1.165, 1.54) is 0 Å². The summed E-state index contributed by atoms with van der Waals surface area (Å²) in [5.74, 6) is 0.593. The molecular weight excluding hydrogens is 438 g/mol. The summed E-state index contributed by atoms with van der Waals surface area (Å²) < 4.78 is 13.3. The molecule has 0 unspecified atom stereocenters. The third kappa shape index (κ3) is 3.90. The summed E-state index contributed by atoms with van der Waals surface area (Å²) >= 11 is 6.05. The second-order valence-electron chi connectivity index (χ2n) is 7.66. The van der Waals surface area contributed by atoms with Crippen LogP contribution in [0.2, 0.25) is 5.02 Å². The molecule has 0 atom stereocenters. The second kappa shape index (κ2) is 8.56. The SMILES string of the molecule is COc1ccc2c(c1)c(C(=O)c1nnc(-c3ccccc3)o1)c(C)n2Cc1ccc(Cl)cc1. The second-order valence-corrected chi connectivity index (χ2v) is 8.10. The number of benzene rings is 3. The molecule has 5 aromatic rings. The van der Waals surface area contributed by atoms with Gasteiger partial charge in [-0.05, 0) is 55.0 Å². The molecule has 0 saturated carbocycles. The Morgan fingerprint density at radius 1 is 1.03 bits per heavy atom. The quantitative estimate of drug-likeness (QED) is 0.295.